The van der Waals surface area contributed by atoms with Crippen molar-refractivity contribution in [2.45, 2.75) is 20.1 Å². The number of nitrogens with zero attached hydrogens (tertiary/aromatic N) is 2. The summed E-state index contributed by atoms with van der Waals surface area (Å²) in [5, 5.41) is 4.24. The number of rotatable bonds is 4. The molecule has 0 unspecified atom stereocenters. The molecule has 0 bridgehead atoms. The lowest BCUT2D eigenvalue weighted by molar-refractivity contribution is 0.298. The highest BCUT2D eigenvalue weighted by Crippen LogP contribution is 2.14. The zero-order valence-electron chi connectivity index (χ0n) is 9.56. The Hall–Kier alpha value is -2.04. The van der Waals surface area contributed by atoms with Crippen molar-refractivity contribution in [3.8, 4) is 5.75 Å². The average molecular weight is 235 g/mol. The first-order valence-electron chi connectivity index (χ1n) is 5.39. The summed E-state index contributed by atoms with van der Waals surface area (Å²) in [6, 6.07) is 7.76. The molecule has 0 fully saturated rings. The van der Waals surface area contributed by atoms with E-state index >= 15 is 0 Å². The lowest BCUT2D eigenvalue weighted by Crippen LogP contribution is -2.02. The van der Waals surface area contributed by atoms with Crippen molar-refractivity contribution in [2.24, 2.45) is 0 Å². The van der Waals surface area contributed by atoms with E-state index < -0.39 is 0 Å². The highest BCUT2D eigenvalue weighted by atomic mass is 19.1. The van der Waals surface area contributed by atoms with Gasteiger partial charge in [0, 0.05) is 18.7 Å². The Morgan fingerprint density at radius 2 is 2.24 bits per heavy atom. The first kappa shape index (κ1) is 11.4. The van der Waals surface area contributed by atoms with Crippen LogP contribution in [0.3, 0.4) is 0 Å². The fourth-order valence-electron chi connectivity index (χ4n) is 1.52. The van der Waals surface area contributed by atoms with Crippen LogP contribution in [0.25, 0.3) is 0 Å². The van der Waals surface area contributed by atoms with E-state index in [1.807, 2.05) is 6.92 Å². The number of ether oxygens (including phenoxy) is 1. The molecular weight excluding hydrogens is 221 g/mol. The molecule has 2 aromatic rings. The van der Waals surface area contributed by atoms with Gasteiger partial charge >= 0.3 is 0 Å². The molecule has 5 heteroatoms. The molecule has 0 aliphatic carbocycles. The number of hydrogen-bond acceptors (Lipinski definition) is 3. The van der Waals surface area contributed by atoms with Gasteiger partial charge in [-0.2, -0.15) is 5.10 Å². The highest BCUT2D eigenvalue weighted by Gasteiger charge is 2.04. The Kier molecular flexibility index (Phi) is 3.27. The third-order valence-corrected chi connectivity index (χ3v) is 2.34. The van der Waals surface area contributed by atoms with Crippen LogP contribution in [0.4, 0.5) is 10.2 Å². The van der Waals surface area contributed by atoms with Crippen molar-refractivity contribution in [1.82, 2.24) is 9.78 Å². The molecule has 0 saturated carbocycles. The Balaban J connectivity index is 2.02. The van der Waals surface area contributed by atoms with Gasteiger partial charge in [0.15, 0.2) is 0 Å². The molecule has 1 heterocycles. The van der Waals surface area contributed by atoms with E-state index in [1.54, 1.807) is 22.9 Å². The highest BCUT2D eigenvalue weighted by molar-refractivity contribution is 5.31. The van der Waals surface area contributed by atoms with Crippen LogP contribution in [-0.4, -0.2) is 9.78 Å². The summed E-state index contributed by atoms with van der Waals surface area (Å²) in [5.41, 5.74) is 6.46. The first-order valence-corrected chi connectivity index (χ1v) is 5.39. The summed E-state index contributed by atoms with van der Waals surface area (Å²) in [6.07, 6.45) is 0. The van der Waals surface area contributed by atoms with E-state index in [4.69, 9.17) is 10.5 Å². The van der Waals surface area contributed by atoms with Gasteiger partial charge in [-0.05, 0) is 19.1 Å². The molecule has 2 rings (SSSR count). The summed E-state index contributed by atoms with van der Waals surface area (Å²) in [6.45, 7) is 2.95. The predicted octanol–water partition coefficient (Wildman–Crippen LogP) is 2.20. The van der Waals surface area contributed by atoms with Crippen molar-refractivity contribution in [1.29, 1.82) is 0 Å². The monoisotopic (exact) mass is 235 g/mol. The SMILES string of the molecule is CCn1nc(COc2cccc(F)c2)cc1N. The molecule has 0 radical (unpaired) electrons. The molecule has 0 aliphatic rings. The fourth-order valence-corrected chi connectivity index (χ4v) is 1.52. The standard InChI is InChI=1S/C12H14FN3O/c1-2-16-12(14)7-10(15-16)8-17-11-5-3-4-9(13)6-11/h3-7H,2,8,14H2,1H3. The van der Waals surface area contributed by atoms with Gasteiger partial charge in [-0.25, -0.2) is 4.39 Å². The van der Waals surface area contributed by atoms with Gasteiger partial charge in [0.1, 0.15) is 29.7 Å². The topological polar surface area (TPSA) is 53.1 Å². The molecule has 0 amide bonds. The van der Waals surface area contributed by atoms with Crippen molar-refractivity contribution in [3.05, 3.63) is 41.8 Å². The minimum Gasteiger partial charge on any atom is -0.487 e. The van der Waals surface area contributed by atoms with Crippen LogP contribution in [0, 0.1) is 5.82 Å². The molecule has 90 valence electrons. The van der Waals surface area contributed by atoms with Crippen LogP contribution < -0.4 is 10.5 Å². The third-order valence-electron chi connectivity index (χ3n) is 2.34. The van der Waals surface area contributed by atoms with Crippen LogP contribution in [0.1, 0.15) is 12.6 Å². The zero-order valence-corrected chi connectivity index (χ0v) is 9.56. The lowest BCUT2D eigenvalue weighted by Gasteiger charge is -2.03. The second-order valence-electron chi connectivity index (χ2n) is 3.62. The number of aryl methyl sites for hydroxylation is 1. The minimum atomic E-state index is -0.318. The molecule has 0 spiro atoms. The maximum absolute atomic E-state index is 12.9. The van der Waals surface area contributed by atoms with Gasteiger partial charge < -0.3 is 10.5 Å². The Bertz CT molecular complexity index is 510. The summed E-state index contributed by atoms with van der Waals surface area (Å²) < 4.78 is 20.0. The van der Waals surface area contributed by atoms with Crippen LogP contribution >= 0.6 is 0 Å². The van der Waals surface area contributed by atoms with E-state index in [9.17, 15) is 4.39 Å². The predicted molar refractivity (Wildman–Crippen MR) is 63.0 cm³/mol. The second kappa shape index (κ2) is 4.86. The number of halogens is 1. The van der Waals surface area contributed by atoms with Gasteiger partial charge in [-0.15, -0.1) is 0 Å². The maximum Gasteiger partial charge on any atom is 0.132 e. The Morgan fingerprint density at radius 3 is 2.88 bits per heavy atom. The van der Waals surface area contributed by atoms with Gasteiger partial charge in [0.05, 0.1) is 0 Å². The zero-order chi connectivity index (χ0) is 12.3. The molecule has 0 saturated heterocycles. The van der Waals surface area contributed by atoms with E-state index in [1.165, 1.54) is 12.1 Å². The van der Waals surface area contributed by atoms with Gasteiger partial charge in [-0.1, -0.05) is 6.07 Å². The molecule has 0 atom stereocenters. The molecular formula is C12H14FN3O. The number of aromatic nitrogens is 2. The largest absolute Gasteiger partial charge is 0.487 e. The van der Waals surface area contributed by atoms with Crippen molar-refractivity contribution in [2.75, 3.05) is 5.73 Å². The Labute approximate surface area is 98.8 Å². The summed E-state index contributed by atoms with van der Waals surface area (Å²) in [5.74, 6) is 0.765. The van der Waals surface area contributed by atoms with Crippen LogP contribution in [0.15, 0.2) is 30.3 Å². The summed E-state index contributed by atoms with van der Waals surface area (Å²) in [7, 11) is 0. The van der Waals surface area contributed by atoms with Gasteiger partial charge in [-0.3, -0.25) is 4.68 Å². The van der Waals surface area contributed by atoms with Crippen molar-refractivity contribution >= 4 is 5.82 Å². The average Bonchev–Trinajstić information content (AvgIpc) is 2.67. The molecule has 17 heavy (non-hydrogen) atoms. The van der Waals surface area contributed by atoms with Crippen LogP contribution in [0.5, 0.6) is 5.75 Å². The molecule has 1 aromatic carbocycles. The van der Waals surface area contributed by atoms with Crippen molar-refractivity contribution < 1.29 is 9.13 Å². The van der Waals surface area contributed by atoms with E-state index in [2.05, 4.69) is 5.10 Å². The molecule has 1 aromatic heterocycles. The van der Waals surface area contributed by atoms with Crippen LogP contribution in [0.2, 0.25) is 0 Å². The minimum absolute atomic E-state index is 0.278. The third kappa shape index (κ3) is 2.75. The molecule has 0 aliphatic heterocycles. The van der Waals surface area contributed by atoms with E-state index in [0.29, 0.717) is 18.1 Å². The molecule has 4 nitrogen and oxygen atoms in total. The first-order chi connectivity index (χ1) is 8.19. The van der Waals surface area contributed by atoms with Crippen molar-refractivity contribution in [3.63, 3.8) is 0 Å². The summed E-state index contributed by atoms with van der Waals surface area (Å²) >= 11 is 0. The maximum atomic E-state index is 12.9. The second-order valence-corrected chi connectivity index (χ2v) is 3.62. The van der Waals surface area contributed by atoms with E-state index in [0.717, 1.165) is 5.69 Å². The van der Waals surface area contributed by atoms with E-state index in [-0.39, 0.29) is 12.4 Å². The number of hydrogen-bond donors (Lipinski definition) is 1. The lowest BCUT2D eigenvalue weighted by atomic mass is 10.3. The fraction of sp³-hybridized carbons (Fsp3) is 0.250. The quantitative estimate of drug-likeness (QED) is 0.883. The number of anilines is 1. The Morgan fingerprint density at radius 1 is 1.41 bits per heavy atom. The summed E-state index contributed by atoms with van der Waals surface area (Å²) in [4.78, 5) is 0. The van der Waals surface area contributed by atoms with Gasteiger partial charge in [0.2, 0.25) is 0 Å². The molecule has 2 N–H and O–H groups in total. The number of benzene rings is 1. The smallest absolute Gasteiger partial charge is 0.132 e. The van der Waals surface area contributed by atoms with Crippen LogP contribution in [-0.2, 0) is 13.2 Å². The normalized spacial score (nSPS) is 10.5. The number of nitrogens with two attached hydrogens (primary N) is 1. The van der Waals surface area contributed by atoms with Gasteiger partial charge in [0.25, 0.3) is 0 Å². The number of nitrogen functional groups attached to an aromatic ring is 1.